The van der Waals surface area contributed by atoms with Crippen LogP contribution >= 0.6 is 11.6 Å². The van der Waals surface area contributed by atoms with E-state index in [0.717, 1.165) is 0 Å². The Balaban J connectivity index is 2.33. The summed E-state index contributed by atoms with van der Waals surface area (Å²) in [4.78, 5) is 7.77. The van der Waals surface area contributed by atoms with Gasteiger partial charge in [0.2, 0.25) is 0 Å². The molecule has 0 saturated heterocycles. The fraction of sp³-hybridized carbons (Fsp3) is 0.154. The summed E-state index contributed by atoms with van der Waals surface area (Å²) in [6.07, 6.45) is -0.0326. The Hall–Kier alpha value is -2.19. The Kier molecular flexibility index (Phi) is 3.93. The molecule has 0 spiro atoms. The molecule has 0 amide bonds. The zero-order chi connectivity index (χ0) is 13.8. The first-order valence-corrected chi connectivity index (χ1v) is 5.91. The van der Waals surface area contributed by atoms with Crippen LogP contribution in [0.2, 0.25) is 5.02 Å². The van der Waals surface area contributed by atoms with Crippen LogP contribution in [0.15, 0.2) is 30.6 Å². The maximum absolute atomic E-state index is 13.3. The fourth-order valence-corrected chi connectivity index (χ4v) is 1.85. The molecule has 0 aliphatic rings. The van der Waals surface area contributed by atoms with Crippen LogP contribution in [0.1, 0.15) is 24.4 Å². The predicted molar refractivity (Wildman–Crippen MR) is 71.0 cm³/mol. The van der Waals surface area contributed by atoms with Gasteiger partial charge in [-0.05, 0) is 25.1 Å². The molecule has 6 heteroatoms. The summed E-state index contributed by atoms with van der Waals surface area (Å²) in [6.45, 7) is 1.36. The fourth-order valence-electron chi connectivity index (χ4n) is 1.55. The second-order valence-electron chi connectivity index (χ2n) is 3.86. The Labute approximate surface area is 114 Å². The topological polar surface area (TPSA) is 61.6 Å². The minimum Gasteiger partial charge on any atom is -0.339 e. The number of aromatic nitrogens is 2. The number of hydrogen-bond donors (Lipinski definition) is 1. The number of anilines is 2. The van der Waals surface area contributed by atoms with Crippen LogP contribution in [0.5, 0.6) is 0 Å². The van der Waals surface area contributed by atoms with E-state index in [1.165, 1.54) is 13.3 Å². The van der Waals surface area contributed by atoms with Gasteiger partial charge in [-0.2, -0.15) is 5.26 Å². The maximum Gasteiger partial charge on any atom is 0.153 e. The lowest BCUT2D eigenvalue weighted by atomic mass is 10.2. The van der Waals surface area contributed by atoms with E-state index in [1.807, 2.05) is 6.07 Å². The number of nitrogens with zero attached hydrogens (tertiary/aromatic N) is 3. The quantitative estimate of drug-likeness (QED) is 0.927. The van der Waals surface area contributed by atoms with Crippen molar-refractivity contribution >= 4 is 23.1 Å². The summed E-state index contributed by atoms with van der Waals surface area (Å²) >= 11 is 6.03. The SMILES string of the molecule is CC(F)c1ncnc(Nc2cccc(C#N)c2)c1Cl. The molecular weight excluding hydrogens is 267 g/mol. The van der Waals surface area contributed by atoms with E-state index in [9.17, 15) is 4.39 Å². The van der Waals surface area contributed by atoms with Crippen LogP contribution in [-0.4, -0.2) is 9.97 Å². The summed E-state index contributed by atoms with van der Waals surface area (Å²) in [5, 5.41) is 11.9. The first-order chi connectivity index (χ1) is 9.11. The number of hydrogen-bond acceptors (Lipinski definition) is 4. The maximum atomic E-state index is 13.3. The zero-order valence-corrected chi connectivity index (χ0v) is 10.8. The van der Waals surface area contributed by atoms with Gasteiger partial charge in [0.05, 0.1) is 17.3 Å². The second kappa shape index (κ2) is 5.63. The highest BCUT2D eigenvalue weighted by Gasteiger charge is 2.14. The molecule has 1 unspecified atom stereocenters. The molecule has 1 heterocycles. The van der Waals surface area contributed by atoms with Crippen molar-refractivity contribution in [2.75, 3.05) is 5.32 Å². The molecular formula is C13H10ClFN4. The van der Waals surface area contributed by atoms with Gasteiger partial charge in [-0.15, -0.1) is 0 Å². The third kappa shape index (κ3) is 2.98. The van der Waals surface area contributed by atoms with Gasteiger partial charge in [-0.1, -0.05) is 17.7 Å². The Morgan fingerprint density at radius 2 is 2.21 bits per heavy atom. The number of rotatable bonds is 3. The molecule has 0 bridgehead atoms. The highest BCUT2D eigenvalue weighted by molar-refractivity contribution is 6.33. The number of alkyl halides is 1. The van der Waals surface area contributed by atoms with Crippen LogP contribution in [-0.2, 0) is 0 Å². The summed E-state index contributed by atoms with van der Waals surface area (Å²) < 4.78 is 13.3. The van der Waals surface area contributed by atoms with Crippen LogP contribution in [0.4, 0.5) is 15.9 Å². The van der Waals surface area contributed by atoms with E-state index < -0.39 is 6.17 Å². The van der Waals surface area contributed by atoms with Gasteiger partial charge < -0.3 is 5.32 Å². The standard InChI is InChI=1S/C13H10ClFN4/c1-8(15)12-11(14)13(18-7-17-12)19-10-4-2-3-9(5-10)6-16/h2-5,7-8H,1H3,(H,17,18,19). The number of benzene rings is 1. The molecule has 1 atom stereocenters. The molecule has 2 aromatic rings. The zero-order valence-electron chi connectivity index (χ0n) is 10.1. The van der Waals surface area contributed by atoms with Crippen LogP contribution in [0, 0.1) is 11.3 Å². The van der Waals surface area contributed by atoms with Gasteiger partial charge in [-0.25, -0.2) is 14.4 Å². The third-order valence-electron chi connectivity index (χ3n) is 2.45. The van der Waals surface area contributed by atoms with Crippen LogP contribution < -0.4 is 5.32 Å². The average Bonchev–Trinajstić information content (AvgIpc) is 2.41. The minimum atomic E-state index is -1.28. The highest BCUT2D eigenvalue weighted by Crippen LogP contribution is 2.30. The lowest BCUT2D eigenvalue weighted by Crippen LogP contribution is -2.00. The number of halogens is 2. The van der Waals surface area contributed by atoms with Gasteiger partial charge in [0.1, 0.15) is 17.5 Å². The molecule has 4 nitrogen and oxygen atoms in total. The van der Waals surface area contributed by atoms with Gasteiger partial charge in [-0.3, -0.25) is 0 Å². The van der Waals surface area contributed by atoms with Gasteiger partial charge in [0.15, 0.2) is 5.82 Å². The Bertz CT molecular complexity index is 637. The van der Waals surface area contributed by atoms with Crippen LogP contribution in [0.3, 0.4) is 0 Å². The molecule has 0 fully saturated rings. The van der Waals surface area contributed by atoms with Crippen molar-refractivity contribution in [3.8, 4) is 6.07 Å². The number of nitriles is 1. The molecule has 19 heavy (non-hydrogen) atoms. The average molecular weight is 277 g/mol. The van der Waals surface area contributed by atoms with Gasteiger partial charge in [0.25, 0.3) is 0 Å². The van der Waals surface area contributed by atoms with Crippen molar-refractivity contribution in [2.24, 2.45) is 0 Å². The first-order valence-electron chi connectivity index (χ1n) is 5.53. The van der Waals surface area contributed by atoms with Crippen molar-refractivity contribution in [1.82, 2.24) is 9.97 Å². The Morgan fingerprint density at radius 3 is 2.89 bits per heavy atom. The lowest BCUT2D eigenvalue weighted by Gasteiger charge is -2.10. The molecule has 1 N–H and O–H groups in total. The molecule has 0 saturated carbocycles. The monoisotopic (exact) mass is 276 g/mol. The van der Waals surface area contributed by atoms with E-state index >= 15 is 0 Å². The summed E-state index contributed by atoms with van der Waals surface area (Å²) in [6, 6.07) is 8.86. The summed E-state index contributed by atoms with van der Waals surface area (Å²) in [5.41, 5.74) is 1.29. The van der Waals surface area contributed by atoms with Gasteiger partial charge in [0, 0.05) is 5.69 Å². The smallest absolute Gasteiger partial charge is 0.153 e. The van der Waals surface area contributed by atoms with E-state index in [0.29, 0.717) is 17.1 Å². The molecule has 0 radical (unpaired) electrons. The number of nitrogens with one attached hydrogen (secondary N) is 1. The highest BCUT2D eigenvalue weighted by atomic mass is 35.5. The van der Waals surface area contributed by atoms with E-state index in [1.54, 1.807) is 24.3 Å². The summed E-state index contributed by atoms with van der Waals surface area (Å²) in [7, 11) is 0. The molecule has 0 aliphatic heterocycles. The molecule has 1 aromatic heterocycles. The van der Waals surface area contributed by atoms with E-state index in [4.69, 9.17) is 16.9 Å². The van der Waals surface area contributed by atoms with E-state index in [2.05, 4.69) is 15.3 Å². The van der Waals surface area contributed by atoms with Crippen molar-refractivity contribution in [3.63, 3.8) is 0 Å². The van der Waals surface area contributed by atoms with Crippen molar-refractivity contribution in [2.45, 2.75) is 13.1 Å². The molecule has 96 valence electrons. The Morgan fingerprint density at radius 1 is 1.42 bits per heavy atom. The lowest BCUT2D eigenvalue weighted by molar-refractivity contribution is 0.365. The molecule has 1 aromatic carbocycles. The van der Waals surface area contributed by atoms with Crippen molar-refractivity contribution < 1.29 is 4.39 Å². The first kappa shape index (κ1) is 13.2. The predicted octanol–water partition coefficient (Wildman–Crippen LogP) is 3.78. The van der Waals surface area contributed by atoms with Crippen molar-refractivity contribution in [3.05, 3.63) is 46.9 Å². The molecule has 2 rings (SSSR count). The van der Waals surface area contributed by atoms with Crippen molar-refractivity contribution in [1.29, 1.82) is 5.26 Å². The van der Waals surface area contributed by atoms with Gasteiger partial charge >= 0.3 is 0 Å². The minimum absolute atomic E-state index is 0.135. The molecule has 0 aliphatic carbocycles. The summed E-state index contributed by atoms with van der Waals surface area (Å²) in [5.74, 6) is 0.311. The third-order valence-corrected chi connectivity index (χ3v) is 2.82. The second-order valence-corrected chi connectivity index (χ2v) is 4.23. The van der Waals surface area contributed by atoms with E-state index in [-0.39, 0.29) is 10.7 Å². The van der Waals surface area contributed by atoms with Crippen LogP contribution in [0.25, 0.3) is 0 Å². The largest absolute Gasteiger partial charge is 0.339 e. The normalized spacial score (nSPS) is 11.7.